The highest BCUT2D eigenvalue weighted by Gasteiger charge is 2.32. The molecule has 4 nitrogen and oxygen atoms in total. The third kappa shape index (κ3) is 3.08. The Kier molecular flexibility index (Phi) is 4.93. The molecular weight excluding hydrogens is 363 g/mol. The molecule has 25 heavy (non-hydrogen) atoms. The molecule has 0 radical (unpaired) electrons. The van der Waals surface area contributed by atoms with E-state index in [1.54, 1.807) is 37.5 Å². The zero-order valence-electron chi connectivity index (χ0n) is 14.0. The van der Waals surface area contributed by atoms with Crippen molar-refractivity contribution < 1.29 is 19.0 Å². The van der Waals surface area contributed by atoms with Crippen molar-refractivity contribution in [3.8, 4) is 17.2 Å². The molecule has 0 unspecified atom stereocenters. The van der Waals surface area contributed by atoms with E-state index in [4.69, 9.17) is 37.4 Å². The molecule has 0 heterocycles. The van der Waals surface area contributed by atoms with Gasteiger partial charge in [0, 0.05) is 22.0 Å². The lowest BCUT2D eigenvalue weighted by Gasteiger charge is -2.14. The summed E-state index contributed by atoms with van der Waals surface area (Å²) >= 11 is 12.1. The SMILES string of the molecule is COc1cc2c(c(OC)c1OC)C(=O)/C(=C\c1ccc(Cl)cc1Cl)C2. The van der Waals surface area contributed by atoms with Crippen LogP contribution in [-0.4, -0.2) is 27.1 Å². The number of benzene rings is 2. The molecule has 0 aliphatic heterocycles. The molecule has 1 aliphatic rings. The Morgan fingerprint density at radius 1 is 1.00 bits per heavy atom. The van der Waals surface area contributed by atoms with Crippen molar-refractivity contribution in [3.05, 3.63) is 56.6 Å². The zero-order chi connectivity index (χ0) is 18.1. The molecule has 0 N–H and O–H groups in total. The number of ketones is 1. The Balaban J connectivity index is 2.11. The highest BCUT2D eigenvalue weighted by atomic mass is 35.5. The van der Waals surface area contributed by atoms with Gasteiger partial charge < -0.3 is 14.2 Å². The van der Waals surface area contributed by atoms with Crippen LogP contribution in [0.4, 0.5) is 0 Å². The maximum absolute atomic E-state index is 12.9. The Morgan fingerprint density at radius 2 is 1.72 bits per heavy atom. The van der Waals surface area contributed by atoms with Crippen LogP contribution in [0.1, 0.15) is 21.5 Å². The summed E-state index contributed by atoms with van der Waals surface area (Å²) < 4.78 is 16.1. The third-order valence-corrected chi connectivity index (χ3v) is 4.67. The van der Waals surface area contributed by atoms with Gasteiger partial charge in [-0.05, 0) is 35.4 Å². The summed E-state index contributed by atoms with van der Waals surface area (Å²) in [4.78, 5) is 12.9. The fraction of sp³-hybridized carbons (Fsp3) is 0.211. The number of allylic oxidation sites excluding steroid dienone is 1. The molecule has 0 saturated heterocycles. The van der Waals surface area contributed by atoms with Gasteiger partial charge in [-0.25, -0.2) is 0 Å². The van der Waals surface area contributed by atoms with E-state index >= 15 is 0 Å². The first kappa shape index (κ1) is 17.6. The number of ether oxygens (including phenoxy) is 3. The van der Waals surface area contributed by atoms with Gasteiger partial charge in [0.2, 0.25) is 5.75 Å². The van der Waals surface area contributed by atoms with E-state index in [-0.39, 0.29) is 5.78 Å². The topological polar surface area (TPSA) is 44.8 Å². The predicted molar refractivity (Wildman–Crippen MR) is 98.6 cm³/mol. The van der Waals surface area contributed by atoms with Crippen LogP contribution in [0.3, 0.4) is 0 Å². The van der Waals surface area contributed by atoms with Gasteiger partial charge in [0.15, 0.2) is 17.3 Å². The minimum Gasteiger partial charge on any atom is -0.493 e. The standard InChI is InChI=1S/C19H16Cl2O4/c1-23-15-8-11-7-12(6-10-4-5-13(20)9-14(10)21)17(22)16(11)19(25-3)18(15)24-2/h4-6,8-9H,7H2,1-3H3/b12-6-. The predicted octanol–water partition coefficient (Wildman–Crippen LogP) is 4.84. The number of methoxy groups -OCH3 is 3. The van der Waals surface area contributed by atoms with E-state index in [1.165, 1.54) is 14.2 Å². The van der Waals surface area contributed by atoms with Crippen LogP contribution in [0.25, 0.3) is 6.08 Å². The molecule has 0 fully saturated rings. The molecular formula is C19H16Cl2O4. The van der Waals surface area contributed by atoms with E-state index in [2.05, 4.69) is 0 Å². The number of hydrogen-bond acceptors (Lipinski definition) is 4. The monoisotopic (exact) mass is 378 g/mol. The summed E-state index contributed by atoms with van der Waals surface area (Å²) in [6, 6.07) is 6.97. The Hall–Kier alpha value is -2.17. The zero-order valence-corrected chi connectivity index (χ0v) is 15.5. The minimum absolute atomic E-state index is 0.112. The molecule has 0 saturated carbocycles. The van der Waals surface area contributed by atoms with Gasteiger partial charge in [0.25, 0.3) is 0 Å². The highest BCUT2D eigenvalue weighted by Crippen LogP contribution is 2.46. The first-order valence-electron chi connectivity index (χ1n) is 7.52. The van der Waals surface area contributed by atoms with Gasteiger partial charge in [-0.2, -0.15) is 0 Å². The van der Waals surface area contributed by atoms with Gasteiger partial charge >= 0.3 is 0 Å². The minimum atomic E-state index is -0.112. The molecule has 130 valence electrons. The van der Waals surface area contributed by atoms with Crippen LogP contribution >= 0.6 is 23.2 Å². The maximum Gasteiger partial charge on any atom is 0.204 e. The fourth-order valence-corrected chi connectivity index (χ4v) is 3.43. The normalized spacial score (nSPS) is 14.6. The number of carbonyl (C=O) groups excluding carboxylic acids is 1. The molecule has 2 aromatic carbocycles. The van der Waals surface area contributed by atoms with Gasteiger partial charge in [-0.1, -0.05) is 29.3 Å². The Labute approximate surface area is 155 Å². The summed E-state index contributed by atoms with van der Waals surface area (Å²) in [5.41, 5.74) is 2.68. The lowest BCUT2D eigenvalue weighted by atomic mass is 10.1. The van der Waals surface area contributed by atoms with Gasteiger partial charge in [0.05, 0.1) is 26.9 Å². The van der Waals surface area contributed by atoms with E-state index in [0.29, 0.717) is 44.9 Å². The lowest BCUT2D eigenvalue weighted by molar-refractivity contribution is 0.103. The van der Waals surface area contributed by atoms with Crippen molar-refractivity contribution in [3.63, 3.8) is 0 Å². The molecule has 0 bridgehead atoms. The average Bonchev–Trinajstić information content (AvgIpc) is 2.91. The summed E-state index contributed by atoms with van der Waals surface area (Å²) in [7, 11) is 4.56. The van der Waals surface area contributed by atoms with Crippen molar-refractivity contribution in [1.29, 1.82) is 0 Å². The maximum atomic E-state index is 12.9. The highest BCUT2D eigenvalue weighted by molar-refractivity contribution is 6.35. The first-order valence-corrected chi connectivity index (χ1v) is 8.27. The van der Waals surface area contributed by atoms with Crippen LogP contribution < -0.4 is 14.2 Å². The number of hydrogen-bond donors (Lipinski definition) is 0. The van der Waals surface area contributed by atoms with Crippen molar-refractivity contribution in [2.24, 2.45) is 0 Å². The molecule has 0 atom stereocenters. The quantitative estimate of drug-likeness (QED) is 0.713. The number of Topliss-reactive ketones (excluding diaryl/α,β-unsaturated/α-hetero) is 1. The van der Waals surface area contributed by atoms with E-state index in [9.17, 15) is 4.79 Å². The summed E-state index contributed by atoms with van der Waals surface area (Å²) in [5.74, 6) is 1.20. The van der Waals surface area contributed by atoms with Gasteiger partial charge in [-0.3, -0.25) is 4.79 Å². The third-order valence-electron chi connectivity index (χ3n) is 4.10. The number of carbonyl (C=O) groups is 1. The molecule has 0 spiro atoms. The second kappa shape index (κ2) is 6.98. The lowest BCUT2D eigenvalue weighted by Crippen LogP contribution is -2.03. The van der Waals surface area contributed by atoms with Crippen LogP contribution in [0.2, 0.25) is 10.0 Å². The Morgan fingerprint density at radius 3 is 2.32 bits per heavy atom. The molecule has 1 aliphatic carbocycles. The van der Waals surface area contributed by atoms with Crippen LogP contribution in [0.5, 0.6) is 17.2 Å². The van der Waals surface area contributed by atoms with Gasteiger partial charge in [-0.15, -0.1) is 0 Å². The fourth-order valence-electron chi connectivity index (χ4n) is 2.96. The average molecular weight is 379 g/mol. The molecule has 0 aromatic heterocycles. The van der Waals surface area contributed by atoms with Crippen molar-refractivity contribution >= 4 is 35.1 Å². The molecule has 0 amide bonds. The van der Waals surface area contributed by atoms with Crippen molar-refractivity contribution in [1.82, 2.24) is 0 Å². The molecule has 2 aromatic rings. The largest absolute Gasteiger partial charge is 0.493 e. The van der Waals surface area contributed by atoms with Crippen LogP contribution in [0, 0.1) is 0 Å². The van der Waals surface area contributed by atoms with Crippen LogP contribution in [-0.2, 0) is 6.42 Å². The molecule has 3 rings (SSSR count). The van der Waals surface area contributed by atoms with Gasteiger partial charge in [0.1, 0.15) is 0 Å². The first-order chi connectivity index (χ1) is 12.0. The smallest absolute Gasteiger partial charge is 0.204 e. The summed E-state index contributed by atoms with van der Waals surface area (Å²) in [6.07, 6.45) is 2.24. The number of halogens is 2. The number of rotatable bonds is 4. The van der Waals surface area contributed by atoms with Crippen molar-refractivity contribution in [2.45, 2.75) is 6.42 Å². The van der Waals surface area contributed by atoms with E-state index in [0.717, 1.165) is 11.1 Å². The Bertz CT molecular complexity index is 887. The van der Waals surface area contributed by atoms with E-state index in [1.807, 2.05) is 0 Å². The second-order valence-electron chi connectivity index (χ2n) is 5.52. The van der Waals surface area contributed by atoms with Crippen molar-refractivity contribution in [2.75, 3.05) is 21.3 Å². The summed E-state index contributed by atoms with van der Waals surface area (Å²) in [5, 5.41) is 1.04. The summed E-state index contributed by atoms with van der Waals surface area (Å²) in [6.45, 7) is 0. The second-order valence-corrected chi connectivity index (χ2v) is 6.36. The van der Waals surface area contributed by atoms with E-state index < -0.39 is 0 Å². The number of fused-ring (bicyclic) bond motifs is 1. The van der Waals surface area contributed by atoms with Crippen LogP contribution in [0.15, 0.2) is 29.8 Å². The molecule has 6 heteroatoms.